The molecule has 0 saturated carbocycles. The topological polar surface area (TPSA) is 217 Å². The zero-order valence-corrected chi connectivity index (χ0v) is 47.5. The second-order valence-corrected chi connectivity index (χ2v) is 22.3. The lowest BCUT2D eigenvalue weighted by molar-refractivity contribution is -0.900. The smallest absolute Gasteiger partial charge is 0.433 e. The van der Waals surface area contributed by atoms with Crippen LogP contribution in [0.15, 0.2) is 107 Å². The summed E-state index contributed by atoms with van der Waals surface area (Å²) in [5, 5.41) is 18.8. The Morgan fingerprint density at radius 1 is 0.524 bits per heavy atom. The van der Waals surface area contributed by atoms with Crippen LogP contribution in [0.3, 0.4) is 0 Å². The Hall–Kier alpha value is -8.00. The number of hydrogen-bond donors (Lipinski definition) is 2. The van der Waals surface area contributed by atoms with Crippen molar-refractivity contribution >= 4 is 23.6 Å². The van der Waals surface area contributed by atoms with Gasteiger partial charge in [0.25, 0.3) is 0 Å². The maximum atomic E-state index is 14.0. The standard InChI is InChI=1S/2C27H32F4N6O.C4H4O4/c2*1-26(2,3)24-33-22(27(29,30)31)18-23(34-24)36-16-14-35(15-17-36)11-6-7-12-37-13-10-21(32-25(37)38)19-8-4-5-9-20(19)28;5-3(6)1-2-4(7)8/h2*4-5,8-10,13,18H,6-7,11-12,14-17H2,1-3H3;1-2H,(H,5,6)(H,7,8)/b;;2-1+. The van der Waals surface area contributed by atoms with Gasteiger partial charge >= 0.3 is 23.7 Å². The minimum atomic E-state index is -4.53. The molecule has 0 spiro atoms. The van der Waals surface area contributed by atoms with Crippen molar-refractivity contribution in [3.05, 3.63) is 153 Å². The van der Waals surface area contributed by atoms with Crippen molar-refractivity contribution in [1.82, 2.24) is 39.0 Å². The first-order valence-corrected chi connectivity index (χ1v) is 27.3. The van der Waals surface area contributed by atoms with Gasteiger partial charge in [-0.1, -0.05) is 65.8 Å². The normalized spacial score (nSPS) is 14.6. The van der Waals surface area contributed by atoms with Crippen LogP contribution in [0, 0.1) is 11.6 Å². The van der Waals surface area contributed by atoms with Crippen LogP contribution in [0.25, 0.3) is 22.5 Å². The minimum absolute atomic E-state index is 0.184. The molecule has 0 amide bonds. The van der Waals surface area contributed by atoms with E-state index in [1.165, 1.54) is 31.1 Å². The summed E-state index contributed by atoms with van der Waals surface area (Å²) in [7, 11) is 0. The van der Waals surface area contributed by atoms with Gasteiger partial charge in [-0.2, -0.15) is 36.3 Å². The van der Waals surface area contributed by atoms with Gasteiger partial charge in [-0.3, -0.25) is 9.13 Å². The number of rotatable bonds is 16. The number of halogens is 8. The fraction of sp³-hybridized carbons (Fsp3) is 0.448. The molecule has 18 nitrogen and oxygen atoms in total. The molecule has 2 aliphatic heterocycles. The fourth-order valence-electron chi connectivity index (χ4n) is 9.04. The van der Waals surface area contributed by atoms with Crippen LogP contribution in [0.1, 0.15) is 90.3 Å². The van der Waals surface area contributed by atoms with E-state index in [-0.39, 0.29) is 11.6 Å². The van der Waals surface area contributed by atoms with Crippen LogP contribution >= 0.6 is 0 Å². The van der Waals surface area contributed by atoms with Gasteiger partial charge in [0.15, 0.2) is 0 Å². The van der Waals surface area contributed by atoms with E-state index < -0.39 is 69.5 Å². The summed E-state index contributed by atoms with van der Waals surface area (Å²) in [5.74, 6) is -2.93. The number of aliphatic carboxylic acids is 2. The lowest BCUT2D eigenvalue weighted by atomic mass is 9.95. The molecule has 26 heteroatoms. The van der Waals surface area contributed by atoms with Crippen LogP contribution in [-0.2, 0) is 45.9 Å². The van der Waals surface area contributed by atoms with Crippen molar-refractivity contribution in [2.24, 2.45) is 0 Å². The quantitative estimate of drug-likeness (QED) is 0.0803. The van der Waals surface area contributed by atoms with Gasteiger partial charge in [0.05, 0.1) is 88.8 Å². The Labute approximate surface area is 480 Å². The first-order valence-electron chi connectivity index (χ1n) is 27.3. The molecule has 0 bridgehead atoms. The van der Waals surface area contributed by atoms with E-state index in [0.717, 1.165) is 77.1 Å². The third kappa shape index (κ3) is 19.3. The highest BCUT2D eigenvalue weighted by Crippen LogP contribution is 2.34. The summed E-state index contributed by atoms with van der Waals surface area (Å²) >= 11 is 0. The molecule has 452 valence electrons. The number of benzene rings is 2. The molecular formula is C58H68F8N12O6. The van der Waals surface area contributed by atoms with E-state index in [9.17, 15) is 64.5 Å². The molecule has 2 fully saturated rings. The van der Waals surface area contributed by atoms with Gasteiger partial charge in [-0.05, 0) is 74.2 Å². The van der Waals surface area contributed by atoms with E-state index in [4.69, 9.17) is 0 Å². The number of unbranched alkanes of at least 4 members (excludes halogenated alkanes) is 2. The highest BCUT2D eigenvalue weighted by Gasteiger charge is 2.38. The van der Waals surface area contributed by atoms with Crippen molar-refractivity contribution in [3.63, 3.8) is 0 Å². The predicted molar refractivity (Wildman–Crippen MR) is 292 cm³/mol. The third-order valence-corrected chi connectivity index (χ3v) is 13.7. The molecule has 0 atom stereocenters. The highest BCUT2D eigenvalue weighted by atomic mass is 19.4. The lowest BCUT2D eigenvalue weighted by Gasteiger charge is -2.33. The molecule has 0 radical (unpaired) electrons. The molecule has 0 aliphatic carbocycles. The van der Waals surface area contributed by atoms with E-state index in [2.05, 4.69) is 29.9 Å². The van der Waals surface area contributed by atoms with Crippen molar-refractivity contribution in [3.8, 4) is 22.5 Å². The van der Waals surface area contributed by atoms with E-state index in [0.29, 0.717) is 85.6 Å². The summed E-state index contributed by atoms with van der Waals surface area (Å²) in [6.45, 7) is 19.2. The number of aryl methyl sites for hydroxylation is 2. The molecule has 2 aliphatic rings. The average Bonchev–Trinajstić information content (AvgIpc) is 2.44. The number of alkyl halides is 6. The maximum absolute atomic E-state index is 14.0. The Morgan fingerprint density at radius 3 is 1.17 bits per heavy atom. The van der Waals surface area contributed by atoms with Gasteiger partial charge in [-0.25, -0.2) is 38.3 Å². The number of piperazine rings is 2. The van der Waals surface area contributed by atoms with Crippen molar-refractivity contribution in [2.75, 3.05) is 75.2 Å². The number of carbonyl (C=O) groups excluding carboxylic acids is 2. The largest absolute Gasteiger partial charge is 0.545 e. The van der Waals surface area contributed by atoms with Crippen LogP contribution in [0.2, 0.25) is 0 Å². The molecule has 6 aromatic rings. The Morgan fingerprint density at radius 2 is 0.869 bits per heavy atom. The first-order chi connectivity index (χ1) is 39.5. The molecule has 2 saturated heterocycles. The molecule has 0 unspecified atom stereocenters. The molecular weight excluding hydrogens is 1110 g/mol. The zero-order chi connectivity index (χ0) is 61.6. The van der Waals surface area contributed by atoms with Gasteiger partial charge < -0.3 is 39.4 Å². The number of aromatic nitrogens is 8. The number of anilines is 2. The summed E-state index contributed by atoms with van der Waals surface area (Å²) in [4.78, 5) is 74.7. The number of quaternary nitrogens is 2. The predicted octanol–water partition coefficient (Wildman–Crippen LogP) is 3.72. The van der Waals surface area contributed by atoms with E-state index in [1.807, 2.05) is 9.80 Å². The SMILES string of the molecule is CC(C)(C)c1nc(N2CC[NH+](CCCCn3ccc(-c4ccccc4F)nc3=O)CC2)cc(C(F)(F)F)n1.CC(C)(C)c1nc(N2CC[NH+](CCCCn3ccc(-c4ccccc4F)nc3=O)CC2)cc(C(F)(F)F)n1.O=C([O-])/C=C/C(=O)[O-]. The number of nitrogens with one attached hydrogen (secondary N) is 2. The number of hydrogen-bond acceptors (Lipinski definition) is 14. The van der Waals surface area contributed by atoms with Gasteiger partial charge in [-0.15, -0.1) is 0 Å². The van der Waals surface area contributed by atoms with Gasteiger partial charge in [0.2, 0.25) is 0 Å². The van der Waals surface area contributed by atoms with Gasteiger partial charge in [0.1, 0.15) is 46.3 Å². The van der Waals surface area contributed by atoms with Crippen LogP contribution in [-0.4, -0.2) is 116 Å². The summed E-state index contributed by atoms with van der Waals surface area (Å²) < 4.78 is 112. The summed E-state index contributed by atoms with van der Waals surface area (Å²) in [6, 6.07) is 17.8. The Bertz CT molecular complexity index is 3060. The van der Waals surface area contributed by atoms with Gasteiger partial charge in [0, 0.05) is 59.6 Å². The van der Waals surface area contributed by atoms with E-state index >= 15 is 0 Å². The number of carboxylic acids is 2. The minimum Gasteiger partial charge on any atom is -0.545 e. The molecule has 2 N–H and O–H groups in total. The monoisotopic (exact) mass is 1180 g/mol. The Balaban J connectivity index is 0.000000238. The maximum Gasteiger partial charge on any atom is 0.433 e. The first kappa shape index (κ1) is 65.2. The second kappa shape index (κ2) is 28.5. The summed E-state index contributed by atoms with van der Waals surface area (Å²) in [5.41, 5.74) is -2.62. The van der Waals surface area contributed by atoms with Crippen molar-refractivity contribution in [1.29, 1.82) is 0 Å². The van der Waals surface area contributed by atoms with Crippen LogP contribution < -0.4 is 41.2 Å². The Kier molecular flexibility index (Phi) is 22.1. The molecule has 4 aromatic heterocycles. The molecule has 2 aromatic carbocycles. The molecule has 84 heavy (non-hydrogen) atoms. The number of carbonyl (C=O) groups is 2. The molecule has 6 heterocycles. The zero-order valence-electron chi connectivity index (χ0n) is 47.5. The van der Waals surface area contributed by atoms with Crippen molar-refractivity contribution in [2.45, 2.75) is 103 Å². The molecule has 8 rings (SSSR count). The average molecular weight is 1180 g/mol. The third-order valence-electron chi connectivity index (χ3n) is 13.7. The lowest BCUT2D eigenvalue weighted by Crippen LogP contribution is -3.14. The van der Waals surface area contributed by atoms with Crippen LogP contribution in [0.4, 0.5) is 46.8 Å². The number of carboxylic acid groups (broad SMARTS) is 2. The van der Waals surface area contributed by atoms with Crippen LogP contribution in [0.5, 0.6) is 0 Å². The fourth-order valence-corrected chi connectivity index (χ4v) is 9.04. The van der Waals surface area contributed by atoms with E-state index in [1.54, 1.807) is 102 Å². The second-order valence-electron chi connectivity index (χ2n) is 22.3. The number of nitrogens with zero attached hydrogens (tertiary/aromatic N) is 10. The van der Waals surface area contributed by atoms with Crippen molar-refractivity contribution < 1.29 is 64.7 Å². The highest BCUT2D eigenvalue weighted by molar-refractivity contribution is 5.87. The summed E-state index contributed by atoms with van der Waals surface area (Å²) in [6.07, 6.45) is -1.66.